The Labute approximate surface area is 156 Å². The van der Waals surface area contributed by atoms with Crippen molar-refractivity contribution in [2.75, 3.05) is 5.75 Å². The normalized spacial score (nSPS) is 10.8. The molecule has 1 amide bonds. The molecule has 3 aromatic rings. The number of primary amides is 1. The average Bonchev–Trinajstić information content (AvgIpc) is 3.10. The van der Waals surface area contributed by atoms with Crippen LogP contribution < -0.4 is 5.73 Å². The number of thioether (sulfide) groups is 1. The predicted molar refractivity (Wildman–Crippen MR) is 103 cm³/mol. The van der Waals surface area contributed by atoms with Crippen LogP contribution in [-0.2, 0) is 11.2 Å². The van der Waals surface area contributed by atoms with Gasteiger partial charge in [0.2, 0.25) is 5.91 Å². The summed E-state index contributed by atoms with van der Waals surface area (Å²) in [6, 6.07) is 12.2. The molecule has 6 nitrogen and oxygen atoms in total. The maximum atomic E-state index is 11.2. The molecule has 134 valence electrons. The van der Waals surface area contributed by atoms with Crippen LogP contribution in [0.3, 0.4) is 0 Å². The van der Waals surface area contributed by atoms with Gasteiger partial charge in [0.15, 0.2) is 11.0 Å². The number of carbonyl (C=O) groups excluding carboxylic acids is 1. The van der Waals surface area contributed by atoms with Crippen LogP contribution in [0.15, 0.2) is 53.9 Å². The van der Waals surface area contributed by atoms with E-state index in [-0.39, 0.29) is 11.7 Å². The van der Waals surface area contributed by atoms with Crippen molar-refractivity contribution in [3.63, 3.8) is 0 Å². The first kappa shape index (κ1) is 18.1. The Kier molecular flexibility index (Phi) is 6.01. The van der Waals surface area contributed by atoms with Gasteiger partial charge >= 0.3 is 0 Å². The third kappa shape index (κ3) is 4.29. The van der Waals surface area contributed by atoms with E-state index in [1.54, 1.807) is 12.4 Å². The van der Waals surface area contributed by atoms with Gasteiger partial charge in [-0.1, -0.05) is 37.2 Å². The molecule has 0 fully saturated rings. The Balaban J connectivity index is 1.99. The highest BCUT2D eigenvalue weighted by Crippen LogP contribution is 2.27. The van der Waals surface area contributed by atoms with Crippen molar-refractivity contribution in [2.24, 2.45) is 5.73 Å². The average molecular weight is 367 g/mol. The number of aromatic nitrogens is 4. The van der Waals surface area contributed by atoms with E-state index >= 15 is 0 Å². The SMILES string of the molecule is CCCCc1ccc(-n2c(SCC(N)=O)nnc2-c2ccncc2)cc1. The van der Waals surface area contributed by atoms with E-state index in [1.165, 1.54) is 30.2 Å². The zero-order valence-electron chi connectivity index (χ0n) is 14.6. The van der Waals surface area contributed by atoms with Gasteiger partial charge in [-0.2, -0.15) is 0 Å². The highest BCUT2D eigenvalue weighted by molar-refractivity contribution is 7.99. The van der Waals surface area contributed by atoms with Crippen molar-refractivity contribution < 1.29 is 4.79 Å². The molecule has 1 aromatic carbocycles. The van der Waals surface area contributed by atoms with Crippen LogP contribution in [0.5, 0.6) is 0 Å². The maximum absolute atomic E-state index is 11.2. The van der Waals surface area contributed by atoms with Gasteiger partial charge in [-0.15, -0.1) is 10.2 Å². The number of hydrogen-bond donors (Lipinski definition) is 1. The fourth-order valence-electron chi connectivity index (χ4n) is 2.61. The lowest BCUT2D eigenvalue weighted by atomic mass is 10.1. The molecule has 0 saturated carbocycles. The van der Waals surface area contributed by atoms with E-state index in [0.29, 0.717) is 11.0 Å². The summed E-state index contributed by atoms with van der Waals surface area (Å²) in [5.41, 5.74) is 8.46. The first-order valence-electron chi connectivity index (χ1n) is 8.55. The topological polar surface area (TPSA) is 86.7 Å². The number of carbonyl (C=O) groups is 1. The summed E-state index contributed by atoms with van der Waals surface area (Å²) in [4.78, 5) is 15.2. The van der Waals surface area contributed by atoms with Crippen LogP contribution in [0, 0.1) is 0 Å². The minimum Gasteiger partial charge on any atom is -0.369 e. The predicted octanol–water partition coefficient (Wildman–Crippen LogP) is 3.25. The molecule has 0 radical (unpaired) electrons. The maximum Gasteiger partial charge on any atom is 0.227 e. The molecular formula is C19H21N5OS. The van der Waals surface area contributed by atoms with E-state index in [4.69, 9.17) is 5.73 Å². The van der Waals surface area contributed by atoms with E-state index < -0.39 is 0 Å². The highest BCUT2D eigenvalue weighted by Gasteiger charge is 2.16. The van der Waals surface area contributed by atoms with Crippen LogP contribution in [-0.4, -0.2) is 31.4 Å². The number of unbranched alkanes of at least 4 members (excludes halogenated alkanes) is 1. The molecule has 0 aliphatic rings. The molecule has 0 spiro atoms. The number of aryl methyl sites for hydroxylation is 1. The van der Waals surface area contributed by atoms with Crippen molar-refractivity contribution in [1.82, 2.24) is 19.7 Å². The van der Waals surface area contributed by atoms with Gasteiger partial charge in [-0.25, -0.2) is 0 Å². The molecule has 2 aromatic heterocycles. The third-order valence-corrected chi connectivity index (χ3v) is 4.88. The molecular weight excluding hydrogens is 346 g/mol. The second kappa shape index (κ2) is 8.62. The van der Waals surface area contributed by atoms with Gasteiger partial charge in [0, 0.05) is 23.6 Å². The van der Waals surface area contributed by atoms with Crippen LogP contribution in [0.1, 0.15) is 25.3 Å². The molecule has 26 heavy (non-hydrogen) atoms. The van der Waals surface area contributed by atoms with Crippen LogP contribution in [0.2, 0.25) is 0 Å². The molecule has 0 saturated heterocycles. The first-order chi connectivity index (χ1) is 12.7. The third-order valence-electron chi connectivity index (χ3n) is 3.93. The van der Waals surface area contributed by atoms with Gasteiger partial charge in [-0.3, -0.25) is 14.3 Å². The smallest absolute Gasteiger partial charge is 0.227 e. The molecule has 2 heterocycles. The number of rotatable bonds is 8. The summed E-state index contributed by atoms with van der Waals surface area (Å²) < 4.78 is 1.95. The fourth-order valence-corrected chi connectivity index (χ4v) is 3.30. The Morgan fingerprint density at radius 1 is 1.12 bits per heavy atom. The van der Waals surface area contributed by atoms with Crippen LogP contribution >= 0.6 is 11.8 Å². The van der Waals surface area contributed by atoms with Crippen molar-refractivity contribution in [3.05, 3.63) is 54.4 Å². The van der Waals surface area contributed by atoms with Crippen molar-refractivity contribution in [2.45, 2.75) is 31.3 Å². The van der Waals surface area contributed by atoms with Gasteiger partial charge in [0.25, 0.3) is 0 Å². The van der Waals surface area contributed by atoms with Crippen molar-refractivity contribution in [1.29, 1.82) is 0 Å². The lowest BCUT2D eigenvalue weighted by molar-refractivity contribution is -0.115. The largest absolute Gasteiger partial charge is 0.369 e. The summed E-state index contributed by atoms with van der Waals surface area (Å²) in [5.74, 6) is 0.480. The highest BCUT2D eigenvalue weighted by atomic mass is 32.2. The molecule has 3 rings (SSSR count). The number of nitrogens with zero attached hydrogens (tertiary/aromatic N) is 4. The monoisotopic (exact) mass is 367 g/mol. The molecule has 0 unspecified atom stereocenters. The number of pyridine rings is 1. The Hall–Kier alpha value is -2.67. The van der Waals surface area contributed by atoms with Crippen molar-refractivity contribution in [3.8, 4) is 17.1 Å². The summed E-state index contributed by atoms with van der Waals surface area (Å²) in [7, 11) is 0. The van der Waals surface area contributed by atoms with E-state index in [0.717, 1.165) is 17.7 Å². The number of benzene rings is 1. The number of nitrogens with two attached hydrogens (primary N) is 1. The molecule has 0 atom stereocenters. The Bertz CT molecular complexity index is 861. The van der Waals surface area contributed by atoms with Gasteiger partial charge in [-0.05, 0) is 42.7 Å². The summed E-state index contributed by atoms with van der Waals surface area (Å²) in [6.45, 7) is 2.19. The molecule has 2 N–H and O–H groups in total. The first-order valence-corrected chi connectivity index (χ1v) is 9.54. The van der Waals surface area contributed by atoms with E-state index in [2.05, 4.69) is 46.4 Å². The van der Waals surface area contributed by atoms with Gasteiger partial charge in [0.1, 0.15) is 0 Å². The van der Waals surface area contributed by atoms with Crippen LogP contribution in [0.4, 0.5) is 0 Å². The minimum absolute atomic E-state index is 0.156. The minimum atomic E-state index is -0.384. The van der Waals surface area contributed by atoms with Gasteiger partial charge in [0.05, 0.1) is 5.75 Å². The summed E-state index contributed by atoms with van der Waals surface area (Å²) in [6.07, 6.45) is 6.86. The van der Waals surface area contributed by atoms with Gasteiger partial charge < -0.3 is 5.73 Å². The Morgan fingerprint density at radius 2 is 1.85 bits per heavy atom. The second-order valence-corrected chi connectivity index (χ2v) is 6.84. The summed E-state index contributed by atoms with van der Waals surface area (Å²) >= 11 is 1.28. The van der Waals surface area contributed by atoms with Crippen LogP contribution in [0.25, 0.3) is 17.1 Å². The number of hydrogen-bond acceptors (Lipinski definition) is 5. The molecule has 0 aliphatic carbocycles. The molecule has 0 bridgehead atoms. The lowest BCUT2D eigenvalue weighted by Crippen LogP contribution is -2.13. The van der Waals surface area contributed by atoms with E-state index in [1.807, 2.05) is 16.7 Å². The summed E-state index contributed by atoms with van der Waals surface area (Å²) in [5, 5.41) is 9.22. The lowest BCUT2D eigenvalue weighted by Gasteiger charge is -2.11. The zero-order valence-corrected chi connectivity index (χ0v) is 15.4. The number of amides is 1. The zero-order chi connectivity index (χ0) is 18.4. The van der Waals surface area contributed by atoms with E-state index in [9.17, 15) is 4.79 Å². The van der Waals surface area contributed by atoms with Crippen molar-refractivity contribution >= 4 is 17.7 Å². The Morgan fingerprint density at radius 3 is 2.50 bits per heavy atom. The molecule has 7 heteroatoms. The quantitative estimate of drug-likeness (QED) is 0.618. The second-order valence-electron chi connectivity index (χ2n) is 5.90. The fraction of sp³-hybridized carbons (Fsp3) is 0.263. The standard InChI is InChI=1S/C19H21N5OS/c1-2-3-4-14-5-7-16(8-6-14)24-18(15-9-11-21-12-10-15)22-23-19(24)26-13-17(20)25/h5-12H,2-4,13H2,1H3,(H2,20,25). The molecule has 0 aliphatic heterocycles.